The van der Waals surface area contributed by atoms with Gasteiger partial charge in [-0.25, -0.2) is 0 Å². The van der Waals surface area contributed by atoms with Gasteiger partial charge in [-0.3, -0.25) is 5.41 Å². The minimum absolute atomic E-state index is 0. The van der Waals surface area contributed by atoms with E-state index in [1.165, 1.54) is 61.6 Å². The van der Waals surface area contributed by atoms with E-state index in [4.69, 9.17) is 11.1 Å². The fourth-order valence-electron chi connectivity index (χ4n) is 4.02. The summed E-state index contributed by atoms with van der Waals surface area (Å²) in [5.41, 5.74) is 10.7. The van der Waals surface area contributed by atoms with E-state index in [1.54, 1.807) is 0 Å². The van der Waals surface area contributed by atoms with Gasteiger partial charge in [-0.05, 0) is 67.3 Å². The number of hydrogen-bond donors (Lipinski definition) is 3. The van der Waals surface area contributed by atoms with Gasteiger partial charge >= 0.3 is 0 Å². The predicted molar refractivity (Wildman–Crippen MR) is 129 cm³/mol. The van der Waals surface area contributed by atoms with Crippen LogP contribution >= 0.6 is 24.8 Å². The lowest BCUT2D eigenvalue weighted by molar-refractivity contribution is 0.613. The molecule has 5 heteroatoms. The molecule has 1 fully saturated rings. The summed E-state index contributed by atoms with van der Waals surface area (Å²) in [5, 5.41) is 11.0. The van der Waals surface area contributed by atoms with E-state index < -0.39 is 0 Å². The van der Waals surface area contributed by atoms with Crippen LogP contribution in [0.25, 0.3) is 0 Å². The number of nitrogen functional groups attached to an aromatic ring is 1. The summed E-state index contributed by atoms with van der Waals surface area (Å²) < 4.78 is 0. The predicted octanol–water partition coefficient (Wildman–Crippen LogP) is 5.63. The number of halogens is 2. The highest BCUT2D eigenvalue weighted by atomic mass is 35.5. The smallest absolute Gasteiger partial charge is 0.122 e. The Bertz CT molecular complexity index is 742. The number of nitrogens with two attached hydrogens (primary N) is 1. The molecule has 160 valence electrons. The van der Waals surface area contributed by atoms with Crippen LogP contribution in [0.1, 0.15) is 66.7 Å². The summed E-state index contributed by atoms with van der Waals surface area (Å²) in [4.78, 5) is 0. The average molecular weight is 436 g/mol. The fourth-order valence-corrected chi connectivity index (χ4v) is 4.02. The SMILES string of the molecule is Cl.Cl.N=C(N)c1cccc(CCCCCCCc2cccc(C3CCNC3)c2)c1. The van der Waals surface area contributed by atoms with Crippen LogP contribution in [0.2, 0.25) is 0 Å². The van der Waals surface area contributed by atoms with Crippen molar-refractivity contribution < 1.29 is 0 Å². The Morgan fingerprint density at radius 3 is 2.14 bits per heavy atom. The maximum atomic E-state index is 7.53. The standard InChI is InChI=1S/C24H33N3.2ClH/c25-24(26)22-13-7-11-20(17-22)9-5-3-1-2-4-8-19-10-6-12-21(16-19)23-14-15-27-18-23;;/h6-7,10-13,16-17,23,27H,1-5,8-9,14-15,18H2,(H3,25,26);2*1H. The third kappa shape index (κ3) is 8.38. The van der Waals surface area contributed by atoms with Gasteiger partial charge in [0.2, 0.25) is 0 Å². The molecule has 2 aromatic rings. The number of amidine groups is 1. The highest BCUT2D eigenvalue weighted by molar-refractivity contribution is 5.95. The van der Waals surface area contributed by atoms with Crippen LogP contribution in [0.4, 0.5) is 0 Å². The Morgan fingerprint density at radius 1 is 0.897 bits per heavy atom. The van der Waals surface area contributed by atoms with Crippen LogP contribution in [0.3, 0.4) is 0 Å². The van der Waals surface area contributed by atoms with Crippen molar-refractivity contribution in [3.63, 3.8) is 0 Å². The van der Waals surface area contributed by atoms with Gasteiger partial charge in [0.1, 0.15) is 5.84 Å². The molecule has 1 saturated heterocycles. The topological polar surface area (TPSA) is 61.9 Å². The molecular formula is C24H35Cl2N3. The lowest BCUT2D eigenvalue weighted by Gasteiger charge is -2.10. The zero-order valence-electron chi connectivity index (χ0n) is 17.2. The Hall–Kier alpha value is -1.55. The zero-order valence-corrected chi connectivity index (χ0v) is 18.8. The van der Waals surface area contributed by atoms with Crippen molar-refractivity contribution in [2.75, 3.05) is 13.1 Å². The van der Waals surface area contributed by atoms with E-state index in [-0.39, 0.29) is 30.6 Å². The molecule has 0 bridgehead atoms. The molecule has 1 aliphatic rings. The highest BCUT2D eigenvalue weighted by Crippen LogP contribution is 2.23. The third-order valence-electron chi connectivity index (χ3n) is 5.65. The molecule has 0 amide bonds. The van der Waals surface area contributed by atoms with Crippen molar-refractivity contribution in [1.29, 1.82) is 5.41 Å². The molecule has 2 aromatic carbocycles. The van der Waals surface area contributed by atoms with Crippen molar-refractivity contribution in [1.82, 2.24) is 5.32 Å². The summed E-state index contributed by atoms with van der Waals surface area (Å²) >= 11 is 0. The maximum Gasteiger partial charge on any atom is 0.122 e. The fraction of sp³-hybridized carbons (Fsp3) is 0.458. The van der Waals surface area contributed by atoms with Gasteiger partial charge in [-0.15, -0.1) is 24.8 Å². The Kier molecular flexibility index (Phi) is 12.0. The van der Waals surface area contributed by atoms with Crippen LogP contribution in [-0.4, -0.2) is 18.9 Å². The average Bonchev–Trinajstić information content (AvgIpc) is 3.22. The van der Waals surface area contributed by atoms with E-state index in [9.17, 15) is 0 Å². The van der Waals surface area contributed by atoms with Gasteiger partial charge in [-0.2, -0.15) is 0 Å². The molecule has 3 nitrogen and oxygen atoms in total. The second kappa shape index (κ2) is 13.6. The minimum Gasteiger partial charge on any atom is -0.384 e. The van der Waals surface area contributed by atoms with Crippen molar-refractivity contribution >= 4 is 30.6 Å². The molecule has 0 aliphatic carbocycles. The van der Waals surface area contributed by atoms with Gasteiger partial charge < -0.3 is 11.1 Å². The Balaban J connectivity index is 0.00000210. The van der Waals surface area contributed by atoms with Crippen molar-refractivity contribution in [2.24, 2.45) is 5.73 Å². The van der Waals surface area contributed by atoms with Gasteiger partial charge in [-0.1, -0.05) is 61.7 Å². The number of rotatable bonds is 10. The Morgan fingerprint density at radius 2 is 1.52 bits per heavy atom. The molecular weight excluding hydrogens is 401 g/mol. The molecule has 0 saturated carbocycles. The van der Waals surface area contributed by atoms with Crippen LogP contribution in [0, 0.1) is 5.41 Å². The van der Waals surface area contributed by atoms with Crippen molar-refractivity contribution in [3.05, 3.63) is 70.8 Å². The lowest BCUT2D eigenvalue weighted by atomic mass is 9.95. The van der Waals surface area contributed by atoms with Crippen LogP contribution < -0.4 is 11.1 Å². The summed E-state index contributed by atoms with van der Waals surface area (Å²) in [5.74, 6) is 0.872. The third-order valence-corrected chi connectivity index (χ3v) is 5.65. The molecule has 0 aromatic heterocycles. The van der Waals surface area contributed by atoms with Gasteiger partial charge in [0, 0.05) is 12.1 Å². The molecule has 1 aliphatic heterocycles. The van der Waals surface area contributed by atoms with E-state index in [2.05, 4.69) is 41.7 Å². The van der Waals surface area contributed by atoms with E-state index >= 15 is 0 Å². The van der Waals surface area contributed by atoms with Crippen LogP contribution in [-0.2, 0) is 12.8 Å². The largest absolute Gasteiger partial charge is 0.384 e. The number of aryl methyl sites for hydroxylation is 2. The molecule has 1 unspecified atom stereocenters. The normalized spacial score (nSPS) is 15.4. The molecule has 3 rings (SSSR count). The number of hydrogen-bond acceptors (Lipinski definition) is 2. The molecule has 29 heavy (non-hydrogen) atoms. The number of benzene rings is 2. The van der Waals surface area contributed by atoms with Crippen molar-refractivity contribution in [3.8, 4) is 0 Å². The van der Waals surface area contributed by atoms with E-state index in [0.29, 0.717) is 5.92 Å². The molecule has 4 N–H and O–H groups in total. The van der Waals surface area contributed by atoms with Crippen molar-refractivity contribution in [2.45, 2.75) is 57.3 Å². The molecule has 0 radical (unpaired) electrons. The first-order chi connectivity index (χ1) is 13.2. The van der Waals surface area contributed by atoms with E-state index in [0.717, 1.165) is 25.1 Å². The number of nitrogens with one attached hydrogen (secondary N) is 2. The summed E-state index contributed by atoms with van der Waals surface area (Å²) in [6, 6.07) is 17.3. The first-order valence-corrected chi connectivity index (χ1v) is 10.5. The first-order valence-electron chi connectivity index (χ1n) is 10.5. The number of unbranched alkanes of at least 4 members (excludes halogenated alkanes) is 4. The molecule has 1 atom stereocenters. The van der Waals surface area contributed by atoms with Crippen LogP contribution in [0.5, 0.6) is 0 Å². The van der Waals surface area contributed by atoms with E-state index in [1.807, 2.05) is 12.1 Å². The summed E-state index contributed by atoms with van der Waals surface area (Å²) in [7, 11) is 0. The minimum atomic E-state index is 0. The second-order valence-corrected chi connectivity index (χ2v) is 7.82. The second-order valence-electron chi connectivity index (χ2n) is 7.82. The molecule has 1 heterocycles. The Labute approximate surface area is 188 Å². The maximum absolute atomic E-state index is 7.53. The lowest BCUT2D eigenvalue weighted by Crippen LogP contribution is -2.11. The van der Waals surface area contributed by atoms with Crippen LogP contribution in [0.15, 0.2) is 48.5 Å². The molecule has 0 spiro atoms. The first kappa shape index (κ1) is 25.5. The van der Waals surface area contributed by atoms with Gasteiger partial charge in [0.15, 0.2) is 0 Å². The van der Waals surface area contributed by atoms with Gasteiger partial charge in [0.25, 0.3) is 0 Å². The quantitative estimate of drug-likeness (QED) is 0.257. The monoisotopic (exact) mass is 435 g/mol. The van der Waals surface area contributed by atoms with Gasteiger partial charge in [0.05, 0.1) is 0 Å². The summed E-state index contributed by atoms with van der Waals surface area (Å²) in [6.45, 7) is 2.30. The summed E-state index contributed by atoms with van der Waals surface area (Å²) in [6.07, 6.45) is 9.95. The highest BCUT2D eigenvalue weighted by Gasteiger charge is 2.16. The zero-order chi connectivity index (χ0) is 18.9.